The Bertz CT molecular complexity index is 186. The van der Waals surface area contributed by atoms with Gasteiger partial charge in [-0.15, -0.1) is 0 Å². The van der Waals surface area contributed by atoms with Crippen LogP contribution in [0.25, 0.3) is 0 Å². The number of hydrogen-bond donors (Lipinski definition) is 2. The van der Waals surface area contributed by atoms with Gasteiger partial charge in [-0.2, -0.15) is 0 Å². The fourth-order valence-electron chi connectivity index (χ4n) is 1.26. The summed E-state index contributed by atoms with van der Waals surface area (Å²) < 4.78 is 5.41. The SMILES string of the molecule is CC(C)(NCC1CCCO1)C(N)=O. The molecule has 4 nitrogen and oxygen atoms in total. The molecule has 3 N–H and O–H groups in total. The average molecular weight is 186 g/mol. The van der Waals surface area contributed by atoms with Crippen molar-refractivity contribution in [3.63, 3.8) is 0 Å². The quantitative estimate of drug-likeness (QED) is 0.650. The van der Waals surface area contributed by atoms with Gasteiger partial charge in [0.1, 0.15) is 0 Å². The van der Waals surface area contributed by atoms with Crippen molar-refractivity contribution in [1.29, 1.82) is 0 Å². The van der Waals surface area contributed by atoms with Crippen molar-refractivity contribution in [2.75, 3.05) is 13.2 Å². The van der Waals surface area contributed by atoms with Crippen LogP contribution in [-0.2, 0) is 9.53 Å². The van der Waals surface area contributed by atoms with Gasteiger partial charge in [-0.1, -0.05) is 0 Å². The van der Waals surface area contributed by atoms with E-state index in [1.807, 2.05) is 0 Å². The summed E-state index contributed by atoms with van der Waals surface area (Å²) in [7, 11) is 0. The van der Waals surface area contributed by atoms with E-state index in [-0.39, 0.29) is 12.0 Å². The third kappa shape index (κ3) is 2.97. The number of hydrogen-bond acceptors (Lipinski definition) is 3. The van der Waals surface area contributed by atoms with Gasteiger partial charge in [0, 0.05) is 13.2 Å². The van der Waals surface area contributed by atoms with Crippen molar-refractivity contribution >= 4 is 5.91 Å². The van der Waals surface area contributed by atoms with Crippen LogP contribution in [0.15, 0.2) is 0 Å². The fraction of sp³-hybridized carbons (Fsp3) is 0.889. The highest BCUT2D eigenvalue weighted by atomic mass is 16.5. The molecule has 0 radical (unpaired) electrons. The number of nitrogens with two attached hydrogens (primary N) is 1. The summed E-state index contributed by atoms with van der Waals surface area (Å²) in [5.74, 6) is -0.328. The van der Waals surface area contributed by atoms with Crippen LogP contribution in [0.4, 0.5) is 0 Å². The van der Waals surface area contributed by atoms with Crippen LogP contribution in [0.3, 0.4) is 0 Å². The number of primary amides is 1. The fourth-order valence-corrected chi connectivity index (χ4v) is 1.26. The standard InChI is InChI=1S/C9H18N2O2/c1-9(2,8(10)12)11-6-7-4-3-5-13-7/h7,11H,3-6H2,1-2H3,(H2,10,12). The number of nitrogens with one attached hydrogen (secondary N) is 1. The van der Waals surface area contributed by atoms with Gasteiger partial charge >= 0.3 is 0 Å². The van der Waals surface area contributed by atoms with Crippen LogP contribution in [0, 0.1) is 0 Å². The van der Waals surface area contributed by atoms with Gasteiger partial charge in [0.15, 0.2) is 0 Å². The van der Waals surface area contributed by atoms with E-state index in [1.165, 1.54) is 0 Å². The summed E-state index contributed by atoms with van der Waals surface area (Å²) >= 11 is 0. The molecule has 1 amide bonds. The molecule has 1 heterocycles. The van der Waals surface area contributed by atoms with E-state index in [0.717, 1.165) is 19.4 Å². The van der Waals surface area contributed by atoms with E-state index >= 15 is 0 Å². The maximum absolute atomic E-state index is 10.9. The Morgan fingerprint density at radius 3 is 2.85 bits per heavy atom. The van der Waals surface area contributed by atoms with Crippen LogP contribution < -0.4 is 11.1 Å². The van der Waals surface area contributed by atoms with E-state index in [1.54, 1.807) is 13.8 Å². The average Bonchev–Trinajstić information content (AvgIpc) is 2.52. The highest BCUT2D eigenvalue weighted by Crippen LogP contribution is 2.12. The first-order valence-electron chi connectivity index (χ1n) is 4.69. The molecule has 0 spiro atoms. The lowest BCUT2D eigenvalue weighted by Crippen LogP contribution is -2.52. The molecule has 1 fully saturated rings. The monoisotopic (exact) mass is 186 g/mol. The Morgan fingerprint density at radius 2 is 2.38 bits per heavy atom. The lowest BCUT2D eigenvalue weighted by atomic mass is 10.0. The zero-order chi connectivity index (χ0) is 9.90. The molecule has 0 aromatic rings. The highest BCUT2D eigenvalue weighted by molar-refractivity contribution is 5.83. The van der Waals surface area contributed by atoms with Crippen molar-refractivity contribution in [2.24, 2.45) is 5.73 Å². The molecule has 0 aromatic carbocycles. The number of ether oxygens (including phenoxy) is 1. The molecule has 76 valence electrons. The van der Waals surface area contributed by atoms with Crippen molar-refractivity contribution < 1.29 is 9.53 Å². The lowest BCUT2D eigenvalue weighted by molar-refractivity contribution is -0.123. The van der Waals surface area contributed by atoms with Crippen molar-refractivity contribution in [1.82, 2.24) is 5.32 Å². The minimum atomic E-state index is -0.633. The zero-order valence-corrected chi connectivity index (χ0v) is 8.30. The molecule has 1 unspecified atom stereocenters. The number of carbonyl (C=O) groups is 1. The minimum absolute atomic E-state index is 0.249. The van der Waals surface area contributed by atoms with Gasteiger partial charge in [0.05, 0.1) is 11.6 Å². The normalized spacial score (nSPS) is 23.4. The van der Waals surface area contributed by atoms with Gasteiger partial charge in [0.2, 0.25) is 5.91 Å². The second-order valence-corrected chi connectivity index (χ2v) is 4.01. The van der Waals surface area contributed by atoms with E-state index in [9.17, 15) is 4.79 Å². The van der Waals surface area contributed by atoms with Gasteiger partial charge in [-0.05, 0) is 26.7 Å². The van der Waals surface area contributed by atoms with Crippen LogP contribution in [0.1, 0.15) is 26.7 Å². The van der Waals surface area contributed by atoms with Crippen LogP contribution >= 0.6 is 0 Å². The van der Waals surface area contributed by atoms with Crippen molar-refractivity contribution in [3.05, 3.63) is 0 Å². The summed E-state index contributed by atoms with van der Waals surface area (Å²) in [6, 6.07) is 0. The molecule has 0 aliphatic carbocycles. The Kier molecular flexibility index (Phi) is 3.27. The smallest absolute Gasteiger partial charge is 0.237 e. The second kappa shape index (κ2) is 4.07. The number of amides is 1. The number of carbonyl (C=O) groups excluding carboxylic acids is 1. The van der Waals surface area contributed by atoms with Gasteiger partial charge in [-0.25, -0.2) is 0 Å². The summed E-state index contributed by atoms with van der Waals surface area (Å²) in [6.45, 7) is 5.11. The van der Waals surface area contributed by atoms with E-state index < -0.39 is 5.54 Å². The number of rotatable bonds is 4. The molecule has 0 saturated carbocycles. The van der Waals surface area contributed by atoms with Crippen molar-refractivity contribution in [2.45, 2.75) is 38.3 Å². The Balaban J connectivity index is 2.28. The largest absolute Gasteiger partial charge is 0.377 e. The predicted octanol–water partition coefficient (Wildman–Crippen LogP) is 0.0189. The summed E-state index contributed by atoms with van der Waals surface area (Å²) in [5, 5.41) is 3.10. The lowest BCUT2D eigenvalue weighted by Gasteiger charge is -2.24. The molecule has 1 aliphatic rings. The first-order chi connectivity index (χ1) is 6.02. The van der Waals surface area contributed by atoms with Gasteiger partial charge in [-0.3, -0.25) is 4.79 Å². The minimum Gasteiger partial charge on any atom is -0.377 e. The molecular weight excluding hydrogens is 168 g/mol. The van der Waals surface area contributed by atoms with E-state index in [4.69, 9.17) is 10.5 Å². The Morgan fingerprint density at radius 1 is 1.69 bits per heavy atom. The molecule has 1 saturated heterocycles. The molecule has 0 aromatic heterocycles. The first-order valence-corrected chi connectivity index (χ1v) is 4.69. The zero-order valence-electron chi connectivity index (χ0n) is 8.30. The van der Waals surface area contributed by atoms with Gasteiger partial charge < -0.3 is 15.8 Å². The maximum atomic E-state index is 10.9. The third-order valence-corrected chi connectivity index (χ3v) is 2.41. The molecule has 0 bridgehead atoms. The molecule has 1 rings (SSSR count). The summed E-state index contributed by atoms with van der Waals surface area (Å²) in [5.41, 5.74) is 4.58. The van der Waals surface area contributed by atoms with Gasteiger partial charge in [0.25, 0.3) is 0 Å². The van der Waals surface area contributed by atoms with E-state index in [2.05, 4.69) is 5.32 Å². The van der Waals surface area contributed by atoms with Crippen LogP contribution in [-0.4, -0.2) is 30.7 Å². The third-order valence-electron chi connectivity index (χ3n) is 2.41. The summed E-state index contributed by atoms with van der Waals surface area (Å²) in [6.07, 6.45) is 2.43. The second-order valence-electron chi connectivity index (χ2n) is 4.01. The van der Waals surface area contributed by atoms with Crippen LogP contribution in [0.2, 0.25) is 0 Å². The Hall–Kier alpha value is -0.610. The summed E-state index contributed by atoms with van der Waals surface area (Å²) in [4.78, 5) is 10.9. The topological polar surface area (TPSA) is 64.3 Å². The molecular formula is C9H18N2O2. The molecule has 13 heavy (non-hydrogen) atoms. The molecule has 4 heteroatoms. The first kappa shape index (κ1) is 10.5. The Labute approximate surface area is 78.8 Å². The molecule has 1 aliphatic heterocycles. The van der Waals surface area contributed by atoms with Crippen LogP contribution in [0.5, 0.6) is 0 Å². The van der Waals surface area contributed by atoms with Crippen molar-refractivity contribution in [3.8, 4) is 0 Å². The highest BCUT2D eigenvalue weighted by Gasteiger charge is 2.26. The maximum Gasteiger partial charge on any atom is 0.237 e. The van der Waals surface area contributed by atoms with E-state index in [0.29, 0.717) is 6.54 Å². The predicted molar refractivity (Wildman–Crippen MR) is 50.3 cm³/mol. The molecule has 1 atom stereocenters.